The summed E-state index contributed by atoms with van der Waals surface area (Å²) < 4.78 is 0. The van der Waals surface area contributed by atoms with Gasteiger partial charge in [0.25, 0.3) is 0 Å². The molecule has 0 atom stereocenters. The first-order valence-corrected chi connectivity index (χ1v) is 4.79. The van der Waals surface area contributed by atoms with Gasteiger partial charge in [0.1, 0.15) is 0 Å². The van der Waals surface area contributed by atoms with Crippen LogP contribution in [0, 0.1) is 0 Å². The number of aromatic nitrogens is 3. The predicted octanol–water partition coefficient (Wildman–Crippen LogP) is 2.39. The first kappa shape index (κ1) is 10.5. The van der Waals surface area contributed by atoms with E-state index in [0.29, 0.717) is 5.95 Å². The summed E-state index contributed by atoms with van der Waals surface area (Å²) in [4.78, 5) is 11.3. The first-order valence-electron chi connectivity index (χ1n) is 4.03. The van der Waals surface area contributed by atoms with Crippen LogP contribution in [-0.2, 0) is 0 Å². The van der Waals surface area contributed by atoms with Gasteiger partial charge in [-0.05, 0) is 29.6 Å². The Morgan fingerprint density at radius 1 is 1.15 bits per heavy atom. The summed E-state index contributed by atoms with van der Waals surface area (Å²) in [7, 11) is 0. The van der Waals surface area contributed by atoms with Crippen molar-refractivity contribution in [2.75, 3.05) is 11.9 Å². The molecule has 1 heterocycles. The Hall–Kier alpha value is -0.610. The van der Waals surface area contributed by atoms with Crippen LogP contribution in [0.15, 0.2) is 0 Å². The molecule has 1 rings (SSSR count). The van der Waals surface area contributed by atoms with Crippen molar-refractivity contribution in [2.45, 2.75) is 19.8 Å². The van der Waals surface area contributed by atoms with Crippen LogP contribution < -0.4 is 5.32 Å². The predicted molar refractivity (Wildman–Crippen MR) is 53.2 cm³/mol. The van der Waals surface area contributed by atoms with Gasteiger partial charge in [0.2, 0.25) is 16.5 Å². The zero-order valence-corrected chi connectivity index (χ0v) is 8.73. The van der Waals surface area contributed by atoms with Crippen LogP contribution in [0.3, 0.4) is 0 Å². The number of anilines is 1. The van der Waals surface area contributed by atoms with Crippen LogP contribution in [0.25, 0.3) is 0 Å². The van der Waals surface area contributed by atoms with Crippen LogP contribution in [-0.4, -0.2) is 21.5 Å². The molecule has 0 spiro atoms. The summed E-state index contributed by atoms with van der Waals surface area (Å²) in [5.41, 5.74) is 0. The Bertz CT molecular complexity index is 259. The zero-order chi connectivity index (χ0) is 9.68. The molecule has 0 unspecified atom stereocenters. The van der Waals surface area contributed by atoms with E-state index in [1.165, 1.54) is 0 Å². The summed E-state index contributed by atoms with van der Waals surface area (Å²) in [6, 6.07) is 0. The van der Waals surface area contributed by atoms with E-state index in [1.807, 2.05) is 0 Å². The number of hydrogen-bond donors (Lipinski definition) is 1. The summed E-state index contributed by atoms with van der Waals surface area (Å²) >= 11 is 11.2. The van der Waals surface area contributed by atoms with Crippen molar-refractivity contribution >= 4 is 29.2 Å². The molecular formula is C7H10Cl2N4. The molecule has 1 aromatic rings. The lowest BCUT2D eigenvalue weighted by atomic mass is 10.3. The van der Waals surface area contributed by atoms with E-state index < -0.39 is 0 Å². The van der Waals surface area contributed by atoms with E-state index in [0.717, 1.165) is 19.4 Å². The molecule has 0 bridgehead atoms. The second kappa shape index (κ2) is 5.19. The number of hydrogen-bond acceptors (Lipinski definition) is 4. The Morgan fingerprint density at radius 3 is 2.31 bits per heavy atom. The van der Waals surface area contributed by atoms with Crippen molar-refractivity contribution in [1.82, 2.24) is 15.0 Å². The summed E-state index contributed by atoms with van der Waals surface area (Å²) in [5.74, 6) is 0.429. The Morgan fingerprint density at radius 2 is 1.77 bits per heavy atom. The number of halogens is 2. The molecule has 0 saturated heterocycles. The van der Waals surface area contributed by atoms with Gasteiger partial charge in [0, 0.05) is 6.54 Å². The Balaban J connectivity index is 2.56. The minimum absolute atomic E-state index is 0.110. The van der Waals surface area contributed by atoms with Gasteiger partial charge in [-0.25, -0.2) is 0 Å². The van der Waals surface area contributed by atoms with Crippen molar-refractivity contribution in [3.8, 4) is 0 Å². The van der Waals surface area contributed by atoms with Crippen molar-refractivity contribution in [3.63, 3.8) is 0 Å². The topological polar surface area (TPSA) is 50.7 Å². The van der Waals surface area contributed by atoms with E-state index in [-0.39, 0.29) is 10.6 Å². The van der Waals surface area contributed by atoms with Crippen molar-refractivity contribution in [2.24, 2.45) is 0 Å². The van der Waals surface area contributed by atoms with Gasteiger partial charge < -0.3 is 5.32 Å². The molecule has 0 amide bonds. The lowest BCUT2D eigenvalue weighted by molar-refractivity contribution is 0.824. The second-order valence-corrected chi connectivity index (χ2v) is 3.15. The fourth-order valence-corrected chi connectivity index (χ4v) is 1.15. The maximum Gasteiger partial charge on any atom is 0.228 e. The molecule has 6 heteroatoms. The monoisotopic (exact) mass is 220 g/mol. The molecule has 0 fully saturated rings. The molecule has 13 heavy (non-hydrogen) atoms. The fourth-order valence-electron chi connectivity index (χ4n) is 0.782. The minimum atomic E-state index is 0.110. The standard InChI is InChI=1S/C7H10Cl2N4/c1-2-3-4-10-7-12-5(8)11-6(9)13-7/h2-4H2,1H3,(H,10,11,12,13). The molecule has 1 N–H and O–H groups in total. The van der Waals surface area contributed by atoms with Gasteiger partial charge >= 0.3 is 0 Å². The minimum Gasteiger partial charge on any atom is -0.354 e. The van der Waals surface area contributed by atoms with Gasteiger partial charge in [-0.2, -0.15) is 15.0 Å². The molecule has 1 aromatic heterocycles. The van der Waals surface area contributed by atoms with Crippen molar-refractivity contribution in [1.29, 1.82) is 0 Å². The van der Waals surface area contributed by atoms with Crippen LogP contribution in [0.5, 0.6) is 0 Å². The van der Waals surface area contributed by atoms with Gasteiger partial charge in [-0.15, -0.1) is 0 Å². The van der Waals surface area contributed by atoms with Gasteiger partial charge in [0.05, 0.1) is 0 Å². The highest BCUT2D eigenvalue weighted by molar-refractivity contribution is 6.31. The highest BCUT2D eigenvalue weighted by atomic mass is 35.5. The van der Waals surface area contributed by atoms with Gasteiger partial charge in [-0.3, -0.25) is 0 Å². The first-order chi connectivity index (χ1) is 6.22. The van der Waals surface area contributed by atoms with Gasteiger partial charge in [0.15, 0.2) is 0 Å². The fraction of sp³-hybridized carbons (Fsp3) is 0.571. The average molecular weight is 221 g/mol. The van der Waals surface area contributed by atoms with E-state index in [4.69, 9.17) is 23.2 Å². The molecule has 0 aromatic carbocycles. The third kappa shape index (κ3) is 3.74. The Labute approximate surface area is 86.7 Å². The summed E-state index contributed by atoms with van der Waals surface area (Å²) in [5, 5.41) is 3.22. The van der Waals surface area contributed by atoms with E-state index in [2.05, 4.69) is 27.2 Å². The smallest absolute Gasteiger partial charge is 0.228 e. The highest BCUT2D eigenvalue weighted by Crippen LogP contribution is 2.09. The van der Waals surface area contributed by atoms with Crippen LogP contribution in [0.4, 0.5) is 5.95 Å². The molecule has 0 aliphatic carbocycles. The third-order valence-electron chi connectivity index (χ3n) is 1.39. The van der Waals surface area contributed by atoms with Crippen LogP contribution in [0.2, 0.25) is 10.6 Å². The maximum atomic E-state index is 5.58. The van der Waals surface area contributed by atoms with E-state index in [9.17, 15) is 0 Å². The van der Waals surface area contributed by atoms with E-state index in [1.54, 1.807) is 0 Å². The molecule has 0 aliphatic heterocycles. The summed E-state index contributed by atoms with van der Waals surface area (Å²) in [6.07, 6.45) is 2.17. The second-order valence-electron chi connectivity index (χ2n) is 2.48. The molecule has 72 valence electrons. The zero-order valence-electron chi connectivity index (χ0n) is 7.22. The average Bonchev–Trinajstić information content (AvgIpc) is 2.03. The number of unbranched alkanes of at least 4 members (excludes halogenated alkanes) is 1. The number of nitrogens with one attached hydrogen (secondary N) is 1. The van der Waals surface area contributed by atoms with Crippen molar-refractivity contribution < 1.29 is 0 Å². The lowest BCUT2D eigenvalue weighted by Gasteiger charge is -2.02. The van der Waals surface area contributed by atoms with Crippen LogP contribution >= 0.6 is 23.2 Å². The number of rotatable bonds is 4. The molecule has 0 radical (unpaired) electrons. The summed E-state index contributed by atoms with van der Waals surface area (Å²) in [6.45, 7) is 2.92. The number of nitrogens with zero attached hydrogens (tertiary/aromatic N) is 3. The van der Waals surface area contributed by atoms with E-state index >= 15 is 0 Å². The van der Waals surface area contributed by atoms with Gasteiger partial charge in [-0.1, -0.05) is 13.3 Å². The Kier molecular flexibility index (Phi) is 4.18. The molecule has 0 aliphatic rings. The maximum absolute atomic E-state index is 5.58. The lowest BCUT2D eigenvalue weighted by Crippen LogP contribution is -2.06. The highest BCUT2D eigenvalue weighted by Gasteiger charge is 2.01. The van der Waals surface area contributed by atoms with Crippen LogP contribution in [0.1, 0.15) is 19.8 Å². The molecule has 4 nitrogen and oxygen atoms in total. The normalized spacial score (nSPS) is 10.1. The third-order valence-corrected chi connectivity index (χ3v) is 1.73. The molecular weight excluding hydrogens is 211 g/mol. The SMILES string of the molecule is CCCCNc1nc(Cl)nc(Cl)n1. The largest absolute Gasteiger partial charge is 0.354 e. The molecule has 0 saturated carbocycles. The van der Waals surface area contributed by atoms with Crippen molar-refractivity contribution in [3.05, 3.63) is 10.6 Å². The quantitative estimate of drug-likeness (QED) is 0.793.